The molecule has 0 aromatic carbocycles. The van der Waals surface area contributed by atoms with Gasteiger partial charge in [-0.15, -0.1) is 0 Å². The molecule has 0 bridgehead atoms. The highest BCUT2D eigenvalue weighted by Crippen LogP contribution is 2.44. The van der Waals surface area contributed by atoms with Gasteiger partial charge in [-0.2, -0.15) is 0 Å². The Morgan fingerprint density at radius 1 is 1.40 bits per heavy atom. The lowest BCUT2D eigenvalue weighted by molar-refractivity contribution is 0.00993. The Morgan fingerprint density at radius 3 is 2.50 bits per heavy atom. The van der Waals surface area contributed by atoms with Crippen molar-refractivity contribution in [3.8, 4) is 0 Å². The van der Waals surface area contributed by atoms with Crippen LogP contribution in [0.25, 0.3) is 0 Å². The minimum Gasteiger partial charge on any atom is -0.444 e. The van der Waals surface area contributed by atoms with Crippen LogP contribution < -0.4 is 0 Å². The number of nitrogens with zero attached hydrogens (tertiary/aromatic N) is 1. The summed E-state index contributed by atoms with van der Waals surface area (Å²) in [5, 5.41) is 0. The van der Waals surface area contributed by atoms with Gasteiger partial charge >= 0.3 is 6.09 Å². The van der Waals surface area contributed by atoms with Gasteiger partial charge in [0, 0.05) is 18.5 Å². The first-order valence-electron chi connectivity index (χ1n) is 7.12. The lowest BCUT2D eigenvalue weighted by Gasteiger charge is -2.38. The third kappa shape index (κ3) is 2.89. The van der Waals surface area contributed by atoms with Crippen LogP contribution in [-0.4, -0.2) is 48.3 Å². The number of likely N-dealkylation sites (tertiary alicyclic amines) is 1. The first-order chi connectivity index (χ1) is 9.27. The van der Waals surface area contributed by atoms with Crippen molar-refractivity contribution in [2.24, 2.45) is 5.41 Å². The predicted molar refractivity (Wildman–Crippen MR) is 74.1 cm³/mol. The molecule has 0 aliphatic carbocycles. The van der Waals surface area contributed by atoms with Gasteiger partial charge in [-0.05, 0) is 40.5 Å². The van der Waals surface area contributed by atoms with Crippen molar-refractivity contribution in [2.75, 3.05) is 19.7 Å². The average Bonchev–Trinajstić information content (AvgIpc) is 2.65. The second-order valence-corrected chi connectivity index (χ2v) is 6.72. The Balaban J connectivity index is 1.99. The van der Waals surface area contributed by atoms with Crippen molar-refractivity contribution in [3.63, 3.8) is 0 Å². The number of carbonyl (C=O) groups is 1. The summed E-state index contributed by atoms with van der Waals surface area (Å²) in [6, 6.07) is 0. The summed E-state index contributed by atoms with van der Waals surface area (Å²) in [7, 11) is 0. The molecule has 2 rings (SSSR count). The summed E-state index contributed by atoms with van der Waals surface area (Å²) in [4.78, 5) is 24.9. The molecule has 5 nitrogen and oxygen atoms in total. The number of hydrogen-bond acceptors (Lipinski definition) is 4. The number of piperidine rings is 1. The molecule has 1 spiro atoms. The molecule has 0 saturated carbocycles. The normalized spacial score (nSPS) is 25.7. The van der Waals surface area contributed by atoms with Crippen molar-refractivity contribution >= 4 is 12.0 Å². The molecular formula is C15H23NO4. The van der Waals surface area contributed by atoms with Gasteiger partial charge in [0.25, 0.3) is 0 Å². The van der Waals surface area contributed by atoms with E-state index in [2.05, 4.69) is 5.94 Å². The highest BCUT2D eigenvalue weighted by molar-refractivity contribution is 5.68. The van der Waals surface area contributed by atoms with Crippen molar-refractivity contribution in [3.05, 3.63) is 5.57 Å². The summed E-state index contributed by atoms with van der Waals surface area (Å²) in [6.45, 7) is 9.20. The summed E-state index contributed by atoms with van der Waals surface area (Å²) < 4.78 is 11.0. The smallest absolute Gasteiger partial charge is 0.410 e. The van der Waals surface area contributed by atoms with Crippen molar-refractivity contribution in [1.29, 1.82) is 0 Å². The van der Waals surface area contributed by atoms with Crippen molar-refractivity contribution < 1.29 is 19.1 Å². The summed E-state index contributed by atoms with van der Waals surface area (Å²) in [5.74, 6) is 2.06. The zero-order valence-corrected chi connectivity index (χ0v) is 12.7. The van der Waals surface area contributed by atoms with Crippen LogP contribution >= 0.6 is 0 Å². The molecule has 0 aromatic rings. The van der Waals surface area contributed by atoms with Crippen LogP contribution in [0.5, 0.6) is 0 Å². The summed E-state index contributed by atoms with van der Waals surface area (Å²) in [5.41, 5.74) is 0.0198. The molecule has 0 aromatic heterocycles. The molecule has 1 amide bonds. The fraction of sp³-hybridized carbons (Fsp3) is 0.800. The monoisotopic (exact) mass is 281 g/mol. The second kappa shape index (κ2) is 5.23. The Labute approximate surface area is 119 Å². The number of amides is 1. The minimum absolute atomic E-state index is 0.152. The van der Waals surface area contributed by atoms with E-state index >= 15 is 0 Å². The molecular weight excluding hydrogens is 258 g/mol. The molecule has 5 heteroatoms. The predicted octanol–water partition coefficient (Wildman–Crippen LogP) is 2.18. The lowest BCUT2D eigenvalue weighted by atomic mass is 9.74. The van der Waals surface area contributed by atoms with Crippen LogP contribution in [0.4, 0.5) is 4.79 Å². The van der Waals surface area contributed by atoms with Gasteiger partial charge < -0.3 is 14.4 Å². The summed E-state index contributed by atoms with van der Waals surface area (Å²) in [6.07, 6.45) is 1.04. The van der Waals surface area contributed by atoms with Gasteiger partial charge in [0.15, 0.2) is 0 Å². The molecule has 2 heterocycles. The van der Waals surface area contributed by atoms with Gasteiger partial charge in [0.1, 0.15) is 11.5 Å². The molecule has 2 aliphatic rings. The third-order valence-corrected chi connectivity index (χ3v) is 4.07. The van der Waals surface area contributed by atoms with E-state index in [4.69, 9.17) is 9.47 Å². The van der Waals surface area contributed by atoms with Gasteiger partial charge in [0.05, 0.1) is 18.3 Å². The fourth-order valence-electron chi connectivity index (χ4n) is 2.93. The third-order valence-electron chi connectivity index (χ3n) is 4.07. The van der Waals surface area contributed by atoms with E-state index in [1.807, 2.05) is 27.7 Å². The first-order valence-corrected chi connectivity index (χ1v) is 7.12. The van der Waals surface area contributed by atoms with Crippen LogP contribution in [0.3, 0.4) is 0 Å². The standard InChI is InChI=1S/C15H23NO4/c1-11-12(9-17)15(10-19-11)5-7-16(8-6-15)13(18)20-14(2,3)4/h11H,5-8,10H2,1-4H3/t11-/m0/s1. The average molecular weight is 281 g/mol. The maximum atomic E-state index is 12.0. The molecule has 2 aliphatic heterocycles. The number of hydrogen-bond donors (Lipinski definition) is 0. The van der Waals surface area contributed by atoms with E-state index in [9.17, 15) is 9.59 Å². The molecule has 0 radical (unpaired) electrons. The molecule has 1 atom stereocenters. The van der Waals surface area contributed by atoms with Crippen LogP contribution in [0.2, 0.25) is 0 Å². The molecule has 112 valence electrons. The lowest BCUT2D eigenvalue weighted by Crippen LogP contribution is -2.46. The molecule has 0 unspecified atom stereocenters. The van der Waals surface area contributed by atoms with Gasteiger partial charge in [-0.3, -0.25) is 0 Å². The van der Waals surface area contributed by atoms with Crippen molar-refractivity contribution in [1.82, 2.24) is 4.90 Å². The van der Waals surface area contributed by atoms with Crippen LogP contribution in [0, 0.1) is 5.41 Å². The minimum atomic E-state index is -0.481. The maximum absolute atomic E-state index is 12.0. The number of carbonyl (C=O) groups excluding carboxylic acids is 2. The van der Waals surface area contributed by atoms with Crippen LogP contribution in [-0.2, 0) is 14.3 Å². The largest absolute Gasteiger partial charge is 0.444 e. The molecule has 2 saturated heterocycles. The van der Waals surface area contributed by atoms with Gasteiger partial charge in [-0.25, -0.2) is 9.59 Å². The van der Waals surface area contributed by atoms with E-state index in [0.29, 0.717) is 19.7 Å². The van der Waals surface area contributed by atoms with E-state index in [0.717, 1.165) is 18.4 Å². The van der Waals surface area contributed by atoms with Gasteiger partial charge in [-0.1, -0.05) is 0 Å². The Bertz CT molecular complexity index is 437. The molecule has 20 heavy (non-hydrogen) atoms. The first kappa shape index (κ1) is 15.1. The zero-order valence-electron chi connectivity index (χ0n) is 12.7. The molecule has 0 N–H and O–H groups in total. The highest BCUT2D eigenvalue weighted by Gasteiger charge is 2.47. The highest BCUT2D eigenvalue weighted by atomic mass is 16.6. The zero-order chi connectivity index (χ0) is 15.0. The van der Waals surface area contributed by atoms with E-state index in [1.165, 1.54) is 0 Å². The Kier molecular flexibility index (Phi) is 3.94. The van der Waals surface area contributed by atoms with Crippen molar-refractivity contribution in [2.45, 2.75) is 52.2 Å². The molecule has 2 fully saturated rings. The van der Waals surface area contributed by atoms with E-state index in [1.54, 1.807) is 4.90 Å². The van der Waals surface area contributed by atoms with Gasteiger partial charge in [0.2, 0.25) is 0 Å². The second-order valence-electron chi connectivity index (χ2n) is 6.72. The summed E-state index contributed by atoms with van der Waals surface area (Å²) >= 11 is 0. The fourth-order valence-corrected chi connectivity index (χ4v) is 2.93. The van der Waals surface area contributed by atoms with Crippen LogP contribution in [0.1, 0.15) is 40.5 Å². The van der Waals surface area contributed by atoms with E-state index in [-0.39, 0.29) is 17.6 Å². The topological polar surface area (TPSA) is 55.8 Å². The number of rotatable bonds is 0. The maximum Gasteiger partial charge on any atom is 0.410 e. The Hall–Kier alpha value is -1.32. The van der Waals surface area contributed by atoms with Crippen LogP contribution in [0.15, 0.2) is 5.57 Å². The number of ether oxygens (including phenoxy) is 2. The SMILES string of the molecule is C[C@@H]1OCC2(CCN(C(=O)OC(C)(C)C)CC2)C1=C=O. The van der Waals surface area contributed by atoms with E-state index < -0.39 is 5.60 Å². The quantitative estimate of drug-likeness (QED) is 0.639. The Morgan fingerprint density at radius 2 is 2.00 bits per heavy atom.